The molecule has 2 aliphatic heterocycles. The number of nitrogens with one attached hydrogen (secondary N) is 3. The van der Waals surface area contributed by atoms with Crippen LogP contribution in [0, 0.1) is 4.78 Å². The van der Waals surface area contributed by atoms with Crippen molar-refractivity contribution in [2.24, 2.45) is 0 Å². The molecule has 0 aliphatic carbocycles. The highest BCUT2D eigenvalue weighted by molar-refractivity contribution is 7.92. The molecule has 2 saturated heterocycles. The van der Waals surface area contributed by atoms with Crippen LogP contribution in [0.1, 0.15) is 25.1 Å². The molecule has 9 heteroatoms. The number of pyridine rings is 2. The predicted octanol–water partition coefficient (Wildman–Crippen LogP) is 3.10. The van der Waals surface area contributed by atoms with E-state index >= 15 is 0 Å². The zero-order valence-corrected chi connectivity index (χ0v) is 19.0. The highest BCUT2D eigenvalue weighted by Gasteiger charge is 2.23. The molecule has 2 aliphatic rings. The maximum atomic E-state index is 12.5. The maximum absolute atomic E-state index is 12.5. The van der Waals surface area contributed by atoms with Gasteiger partial charge < -0.3 is 9.64 Å². The molecule has 2 unspecified atom stereocenters. The van der Waals surface area contributed by atoms with E-state index in [1.807, 2.05) is 36.5 Å². The molecule has 3 N–H and O–H groups in total. The molecule has 168 valence electrons. The second-order valence-corrected chi connectivity index (χ2v) is 10.5. The molecule has 8 nitrogen and oxygen atoms in total. The lowest BCUT2D eigenvalue weighted by Gasteiger charge is -2.29. The van der Waals surface area contributed by atoms with Crippen LogP contribution in [0.3, 0.4) is 0 Å². The minimum absolute atomic E-state index is 0.110. The molecule has 0 radical (unpaired) electrons. The Kier molecular flexibility index (Phi) is 5.81. The van der Waals surface area contributed by atoms with Gasteiger partial charge in [-0.1, -0.05) is 19.1 Å². The van der Waals surface area contributed by atoms with Gasteiger partial charge in [-0.2, -0.15) is 0 Å². The number of hydrogen-bond acceptors (Lipinski definition) is 8. The average molecular weight is 453 g/mol. The van der Waals surface area contributed by atoms with Crippen molar-refractivity contribution in [3.05, 3.63) is 48.3 Å². The molecule has 2 atom stereocenters. The van der Waals surface area contributed by atoms with Crippen molar-refractivity contribution >= 4 is 26.4 Å². The van der Waals surface area contributed by atoms with Gasteiger partial charge >= 0.3 is 0 Å². The average Bonchev–Trinajstić information content (AvgIpc) is 3.38. The van der Waals surface area contributed by atoms with E-state index < -0.39 is 9.73 Å². The van der Waals surface area contributed by atoms with Crippen LogP contribution in [0.4, 0.5) is 5.82 Å². The molecule has 4 heterocycles. The fourth-order valence-electron chi connectivity index (χ4n) is 4.32. The molecule has 1 aromatic carbocycles. The summed E-state index contributed by atoms with van der Waals surface area (Å²) in [5.74, 6) is 1.22. The molecule has 0 amide bonds. The molecular weight excluding hydrogens is 424 g/mol. The van der Waals surface area contributed by atoms with E-state index in [0.29, 0.717) is 23.9 Å². The van der Waals surface area contributed by atoms with Crippen molar-refractivity contribution < 1.29 is 8.95 Å². The lowest BCUT2D eigenvalue weighted by atomic mass is 9.99. The number of benzene rings is 1. The van der Waals surface area contributed by atoms with E-state index in [-0.39, 0.29) is 6.04 Å². The van der Waals surface area contributed by atoms with Crippen LogP contribution in [0.25, 0.3) is 22.0 Å². The summed E-state index contributed by atoms with van der Waals surface area (Å²) in [7, 11) is -2.74. The fraction of sp³-hybridized carbons (Fsp3) is 0.391. The van der Waals surface area contributed by atoms with Crippen LogP contribution >= 0.6 is 0 Å². The first-order valence-corrected chi connectivity index (χ1v) is 12.8. The molecule has 3 aromatic rings. The molecule has 5 rings (SSSR count). The van der Waals surface area contributed by atoms with E-state index in [1.165, 1.54) is 0 Å². The third-order valence-corrected chi connectivity index (χ3v) is 8.04. The quantitative estimate of drug-likeness (QED) is 0.547. The second kappa shape index (κ2) is 8.74. The summed E-state index contributed by atoms with van der Waals surface area (Å²) in [4.78, 5) is 12.6. The van der Waals surface area contributed by atoms with Crippen molar-refractivity contribution in [1.82, 2.24) is 20.8 Å². The highest BCUT2D eigenvalue weighted by atomic mass is 32.2. The number of hydrazine groups is 1. The first-order chi connectivity index (χ1) is 15.6. The zero-order valence-electron chi connectivity index (χ0n) is 18.1. The van der Waals surface area contributed by atoms with Crippen LogP contribution in [-0.4, -0.2) is 52.8 Å². The van der Waals surface area contributed by atoms with Crippen molar-refractivity contribution in [3.63, 3.8) is 0 Å². The first-order valence-electron chi connectivity index (χ1n) is 11.0. The van der Waals surface area contributed by atoms with E-state index in [2.05, 4.69) is 21.8 Å². The number of hydrogen-bond donors (Lipinski definition) is 3. The van der Waals surface area contributed by atoms with Gasteiger partial charge in [-0.15, -0.1) is 0 Å². The molecule has 0 bridgehead atoms. The van der Waals surface area contributed by atoms with Gasteiger partial charge in [0.1, 0.15) is 5.82 Å². The van der Waals surface area contributed by atoms with E-state index in [9.17, 15) is 4.21 Å². The SMILES string of the molecule is CCS(=N)(=O)c1ccc(-c2cc(N3CCOCC3)nc3c(C4CCNN4)nccc23)cc1. The largest absolute Gasteiger partial charge is 0.378 e. The van der Waals surface area contributed by atoms with Gasteiger partial charge in [0.15, 0.2) is 0 Å². The van der Waals surface area contributed by atoms with Crippen molar-refractivity contribution in [2.75, 3.05) is 43.5 Å². The minimum Gasteiger partial charge on any atom is -0.378 e. The Morgan fingerprint density at radius 3 is 2.69 bits per heavy atom. The van der Waals surface area contributed by atoms with E-state index in [0.717, 1.165) is 59.6 Å². The lowest BCUT2D eigenvalue weighted by Crippen LogP contribution is -2.36. The van der Waals surface area contributed by atoms with Crippen LogP contribution in [0.2, 0.25) is 0 Å². The molecule has 2 aromatic heterocycles. The van der Waals surface area contributed by atoms with Crippen LogP contribution in [0.5, 0.6) is 0 Å². The Bertz CT molecular complexity index is 1220. The van der Waals surface area contributed by atoms with E-state index in [4.69, 9.17) is 19.5 Å². The Labute approximate surface area is 188 Å². The third kappa shape index (κ3) is 3.97. The first kappa shape index (κ1) is 21.3. The summed E-state index contributed by atoms with van der Waals surface area (Å²) in [5, 5.41) is 1.04. The van der Waals surface area contributed by atoms with E-state index in [1.54, 1.807) is 6.92 Å². The van der Waals surface area contributed by atoms with Gasteiger partial charge in [-0.3, -0.25) is 10.4 Å². The lowest BCUT2D eigenvalue weighted by molar-refractivity contribution is 0.122. The minimum atomic E-state index is -2.74. The third-order valence-electron chi connectivity index (χ3n) is 6.19. The monoisotopic (exact) mass is 452 g/mol. The summed E-state index contributed by atoms with van der Waals surface area (Å²) in [6.07, 6.45) is 2.80. The topological polar surface area (TPSA) is 103 Å². The van der Waals surface area contributed by atoms with Gasteiger partial charge in [0.05, 0.1) is 40.2 Å². The van der Waals surface area contributed by atoms with Crippen LogP contribution in [0.15, 0.2) is 47.5 Å². The number of aromatic nitrogens is 2. The number of nitrogens with zero attached hydrogens (tertiary/aromatic N) is 3. The summed E-state index contributed by atoms with van der Waals surface area (Å²) in [5.41, 5.74) is 10.4. The maximum Gasteiger partial charge on any atom is 0.130 e. The zero-order chi connectivity index (χ0) is 22.1. The van der Waals surface area contributed by atoms with Gasteiger partial charge in [0, 0.05) is 41.9 Å². The normalized spacial score (nSPS) is 21.0. The van der Waals surface area contributed by atoms with Gasteiger partial charge in [-0.05, 0) is 41.8 Å². The second-order valence-electron chi connectivity index (χ2n) is 8.12. The molecular formula is C23H28N6O2S. The van der Waals surface area contributed by atoms with Gasteiger partial charge in [0.25, 0.3) is 0 Å². The highest BCUT2D eigenvalue weighted by Crippen LogP contribution is 2.35. The molecule has 2 fully saturated rings. The Morgan fingerprint density at radius 2 is 2.00 bits per heavy atom. The molecule has 0 saturated carbocycles. The Morgan fingerprint density at radius 1 is 1.22 bits per heavy atom. The molecule has 32 heavy (non-hydrogen) atoms. The number of morpholine rings is 1. The van der Waals surface area contributed by atoms with Crippen molar-refractivity contribution in [2.45, 2.75) is 24.3 Å². The van der Waals surface area contributed by atoms with Gasteiger partial charge in [-0.25, -0.2) is 19.4 Å². The van der Waals surface area contributed by atoms with Crippen LogP contribution in [-0.2, 0) is 14.5 Å². The van der Waals surface area contributed by atoms with Crippen LogP contribution < -0.4 is 15.8 Å². The predicted molar refractivity (Wildman–Crippen MR) is 126 cm³/mol. The van der Waals surface area contributed by atoms with Gasteiger partial charge in [0.2, 0.25) is 0 Å². The fourth-order valence-corrected chi connectivity index (χ4v) is 5.23. The van der Waals surface area contributed by atoms with Crippen molar-refractivity contribution in [3.8, 4) is 11.1 Å². The number of rotatable bonds is 5. The summed E-state index contributed by atoms with van der Waals surface area (Å²) < 4.78 is 26.1. The molecule has 0 spiro atoms. The Hall–Kier alpha value is -2.59. The number of fused-ring (bicyclic) bond motifs is 1. The number of ether oxygens (including phenoxy) is 1. The summed E-state index contributed by atoms with van der Waals surface area (Å²) >= 11 is 0. The summed E-state index contributed by atoms with van der Waals surface area (Å²) in [6, 6.07) is 11.8. The summed E-state index contributed by atoms with van der Waals surface area (Å²) in [6.45, 7) is 5.65. The standard InChI is InChI=1S/C23H28N6O2S/c1-2-32(24,30)17-5-3-16(4-6-17)19-15-21(29-11-13-31-14-12-29)27-22-18(19)7-9-25-23(22)20-8-10-26-28-20/h3-7,9,15,20,24,26,28H,2,8,10-14H2,1H3. The Balaban J connectivity index is 1.67. The van der Waals surface area contributed by atoms with Crippen molar-refractivity contribution in [1.29, 1.82) is 4.78 Å². The number of anilines is 1. The smallest absolute Gasteiger partial charge is 0.130 e.